The Balaban J connectivity index is 1.94. The molecule has 0 aliphatic carbocycles. The molecule has 0 amide bonds. The van der Waals surface area contributed by atoms with Gasteiger partial charge in [0.2, 0.25) is 0 Å². The average Bonchev–Trinajstić information content (AvgIpc) is 2.61. The molecule has 0 aliphatic heterocycles. The summed E-state index contributed by atoms with van der Waals surface area (Å²) in [6, 6.07) is 12.9. The molecule has 0 bridgehead atoms. The summed E-state index contributed by atoms with van der Waals surface area (Å²) in [7, 11) is -1.28. The second kappa shape index (κ2) is 10.5. The predicted octanol–water partition coefficient (Wildman–Crippen LogP) is 7.04. The first-order chi connectivity index (χ1) is 12.8. The van der Waals surface area contributed by atoms with Gasteiger partial charge in [-0.1, -0.05) is 78.4 Å². The standard InChI is InChI=1S/C23H28BrClOSi/c1-5-18-8-10-19(11-9-18)14-20-15-22(24)21(16-23(20)25)17-26-12-6-7-13-27(2,3)4/h8-11,15-16H,5-6,12,14,17H2,1-4H3. The number of halogens is 2. The van der Waals surface area contributed by atoms with Gasteiger partial charge in [-0.15, -0.1) is 11.5 Å². The lowest BCUT2D eigenvalue weighted by molar-refractivity contribution is 0.126. The minimum absolute atomic E-state index is 0.542. The van der Waals surface area contributed by atoms with Gasteiger partial charge in [0.25, 0.3) is 0 Å². The van der Waals surface area contributed by atoms with Crippen LogP contribution in [0.25, 0.3) is 0 Å². The minimum Gasteiger partial charge on any atom is -0.376 e. The molecule has 144 valence electrons. The van der Waals surface area contributed by atoms with E-state index in [1.807, 2.05) is 6.07 Å². The van der Waals surface area contributed by atoms with Gasteiger partial charge in [0, 0.05) is 15.9 Å². The molecule has 0 aliphatic rings. The Labute approximate surface area is 178 Å². The molecule has 0 N–H and O–H groups in total. The zero-order valence-electron chi connectivity index (χ0n) is 16.7. The Morgan fingerprint density at radius 3 is 2.33 bits per heavy atom. The largest absolute Gasteiger partial charge is 0.376 e. The van der Waals surface area contributed by atoms with Crippen LogP contribution < -0.4 is 0 Å². The summed E-state index contributed by atoms with van der Waals surface area (Å²) in [5, 5.41) is 0.787. The Morgan fingerprint density at radius 2 is 1.70 bits per heavy atom. The SMILES string of the molecule is CCc1ccc(Cc2cc(Br)c(COCCC#C[Si](C)(C)C)cc2Cl)cc1. The van der Waals surface area contributed by atoms with Gasteiger partial charge in [-0.3, -0.25) is 0 Å². The van der Waals surface area contributed by atoms with E-state index in [1.165, 1.54) is 11.1 Å². The second-order valence-corrected chi connectivity index (χ2v) is 13.7. The molecule has 0 heterocycles. The van der Waals surface area contributed by atoms with E-state index >= 15 is 0 Å². The van der Waals surface area contributed by atoms with Crippen LogP contribution in [0.1, 0.15) is 35.6 Å². The van der Waals surface area contributed by atoms with Crippen LogP contribution in [-0.4, -0.2) is 14.7 Å². The van der Waals surface area contributed by atoms with Crippen LogP contribution in [0.15, 0.2) is 40.9 Å². The van der Waals surface area contributed by atoms with Gasteiger partial charge in [-0.05, 0) is 47.2 Å². The summed E-state index contributed by atoms with van der Waals surface area (Å²) in [4.78, 5) is 0. The minimum atomic E-state index is -1.28. The first-order valence-electron chi connectivity index (χ1n) is 9.41. The Kier molecular flexibility index (Phi) is 8.63. The van der Waals surface area contributed by atoms with Crippen LogP contribution in [0.4, 0.5) is 0 Å². The lowest BCUT2D eigenvalue weighted by Gasteiger charge is -2.11. The van der Waals surface area contributed by atoms with Crippen molar-refractivity contribution in [2.24, 2.45) is 0 Å². The number of hydrogen-bond donors (Lipinski definition) is 0. The van der Waals surface area contributed by atoms with E-state index in [0.29, 0.717) is 13.2 Å². The topological polar surface area (TPSA) is 9.23 Å². The van der Waals surface area contributed by atoms with E-state index in [-0.39, 0.29) is 0 Å². The summed E-state index contributed by atoms with van der Waals surface area (Å²) < 4.78 is 6.82. The van der Waals surface area contributed by atoms with Gasteiger partial charge in [-0.2, -0.15) is 0 Å². The first-order valence-corrected chi connectivity index (χ1v) is 14.1. The third-order valence-corrected chi connectivity index (χ3v) is 6.15. The van der Waals surface area contributed by atoms with Crippen molar-refractivity contribution in [1.29, 1.82) is 0 Å². The molecule has 2 aromatic rings. The zero-order chi connectivity index (χ0) is 19.9. The molecule has 0 saturated heterocycles. The number of rotatable bonds is 7. The van der Waals surface area contributed by atoms with Crippen molar-refractivity contribution in [1.82, 2.24) is 0 Å². The molecule has 0 spiro atoms. The molecule has 2 aromatic carbocycles. The summed E-state index contributed by atoms with van der Waals surface area (Å²) >= 11 is 10.2. The van der Waals surface area contributed by atoms with Crippen molar-refractivity contribution in [3.63, 3.8) is 0 Å². The molecule has 0 fully saturated rings. The molecule has 0 aromatic heterocycles. The molecule has 0 saturated carbocycles. The molecule has 1 nitrogen and oxygen atoms in total. The van der Waals surface area contributed by atoms with E-state index in [0.717, 1.165) is 39.9 Å². The van der Waals surface area contributed by atoms with Crippen molar-refractivity contribution in [3.8, 4) is 11.5 Å². The van der Waals surface area contributed by atoms with Crippen LogP contribution in [0, 0.1) is 11.5 Å². The van der Waals surface area contributed by atoms with Gasteiger partial charge in [0.15, 0.2) is 0 Å². The summed E-state index contributed by atoms with van der Waals surface area (Å²) in [5.74, 6) is 3.23. The monoisotopic (exact) mass is 462 g/mol. The molecule has 27 heavy (non-hydrogen) atoms. The summed E-state index contributed by atoms with van der Waals surface area (Å²) in [6.07, 6.45) is 2.67. The highest BCUT2D eigenvalue weighted by Gasteiger charge is 2.09. The van der Waals surface area contributed by atoms with Gasteiger partial charge in [0.05, 0.1) is 13.2 Å². The van der Waals surface area contributed by atoms with Gasteiger partial charge >= 0.3 is 0 Å². The van der Waals surface area contributed by atoms with Gasteiger partial charge < -0.3 is 4.74 Å². The fourth-order valence-corrected chi connectivity index (χ4v) is 4.03. The maximum Gasteiger partial charge on any atom is 0.129 e. The molecule has 4 heteroatoms. The maximum absolute atomic E-state index is 6.53. The van der Waals surface area contributed by atoms with Crippen LogP contribution in [0.2, 0.25) is 24.7 Å². The third-order valence-electron chi connectivity index (χ3n) is 4.13. The van der Waals surface area contributed by atoms with Crippen molar-refractivity contribution in [2.45, 2.75) is 52.4 Å². The molecular formula is C23H28BrClOSi. The zero-order valence-corrected chi connectivity index (χ0v) is 20.0. The first kappa shape index (κ1) is 22.2. The van der Waals surface area contributed by atoms with E-state index in [9.17, 15) is 0 Å². The van der Waals surface area contributed by atoms with Crippen LogP contribution >= 0.6 is 27.5 Å². The number of benzene rings is 2. The highest BCUT2D eigenvalue weighted by atomic mass is 79.9. The van der Waals surface area contributed by atoms with Crippen LogP contribution in [-0.2, 0) is 24.2 Å². The Morgan fingerprint density at radius 1 is 1.04 bits per heavy atom. The predicted molar refractivity (Wildman–Crippen MR) is 123 cm³/mol. The van der Waals surface area contributed by atoms with Gasteiger partial charge in [-0.25, -0.2) is 0 Å². The third kappa shape index (κ3) is 7.83. The highest BCUT2D eigenvalue weighted by Crippen LogP contribution is 2.28. The smallest absolute Gasteiger partial charge is 0.129 e. The van der Waals surface area contributed by atoms with Crippen molar-refractivity contribution in [3.05, 3.63) is 68.1 Å². The summed E-state index contributed by atoms with van der Waals surface area (Å²) in [5.41, 5.74) is 8.18. The van der Waals surface area contributed by atoms with Crippen molar-refractivity contribution in [2.75, 3.05) is 6.61 Å². The molecular weight excluding hydrogens is 436 g/mol. The maximum atomic E-state index is 6.53. The number of aryl methyl sites for hydroxylation is 1. The second-order valence-electron chi connectivity index (χ2n) is 7.74. The fourth-order valence-electron chi connectivity index (χ4n) is 2.62. The van der Waals surface area contributed by atoms with E-state index in [4.69, 9.17) is 16.3 Å². The van der Waals surface area contributed by atoms with Gasteiger partial charge in [0.1, 0.15) is 8.07 Å². The lowest BCUT2D eigenvalue weighted by atomic mass is 10.0. The lowest BCUT2D eigenvalue weighted by Crippen LogP contribution is -2.16. The van der Waals surface area contributed by atoms with E-state index in [1.54, 1.807) is 0 Å². The highest BCUT2D eigenvalue weighted by molar-refractivity contribution is 9.10. The normalized spacial score (nSPS) is 11.2. The van der Waals surface area contributed by atoms with Crippen LogP contribution in [0.3, 0.4) is 0 Å². The quantitative estimate of drug-likeness (QED) is 0.243. The number of hydrogen-bond acceptors (Lipinski definition) is 1. The summed E-state index contributed by atoms with van der Waals surface area (Å²) in [6.45, 7) is 10.1. The molecule has 0 atom stereocenters. The number of ether oxygens (including phenoxy) is 1. The van der Waals surface area contributed by atoms with Crippen molar-refractivity contribution < 1.29 is 4.74 Å². The van der Waals surface area contributed by atoms with Crippen molar-refractivity contribution >= 4 is 35.6 Å². The molecule has 0 unspecified atom stereocenters. The Hall–Kier alpha value is -1.05. The average molecular weight is 464 g/mol. The van der Waals surface area contributed by atoms with E-state index in [2.05, 4.69) is 84.3 Å². The van der Waals surface area contributed by atoms with E-state index < -0.39 is 8.07 Å². The van der Waals surface area contributed by atoms with Crippen LogP contribution in [0.5, 0.6) is 0 Å². The molecule has 0 radical (unpaired) electrons. The fraction of sp³-hybridized carbons (Fsp3) is 0.391. The Bertz CT molecular complexity index is 813. The molecule has 2 rings (SSSR count).